The van der Waals surface area contributed by atoms with E-state index in [1.54, 1.807) is 0 Å². The zero-order valence-corrected chi connectivity index (χ0v) is 11.8. The Balaban J connectivity index is 1.84. The first-order valence-corrected chi connectivity index (χ1v) is 7.56. The van der Waals surface area contributed by atoms with Crippen LogP contribution in [0.1, 0.15) is 39.5 Å². The van der Waals surface area contributed by atoms with Gasteiger partial charge >= 0.3 is 5.97 Å². The first-order valence-electron chi connectivity index (χ1n) is 6.68. The first-order chi connectivity index (χ1) is 8.70. The van der Waals surface area contributed by atoms with E-state index in [9.17, 15) is 4.79 Å². The minimum Gasteiger partial charge on any atom is -0.478 e. The van der Waals surface area contributed by atoms with E-state index in [4.69, 9.17) is 9.47 Å². The number of nitrogens with one attached hydrogen (secondary N) is 1. The summed E-state index contributed by atoms with van der Waals surface area (Å²) in [7, 11) is 0. The number of hydrogen-bond acceptors (Lipinski definition) is 5. The average molecular weight is 271 g/mol. The highest BCUT2D eigenvalue weighted by atomic mass is 32.2. The van der Waals surface area contributed by atoms with Gasteiger partial charge in [-0.2, -0.15) is 0 Å². The molecule has 4 nitrogen and oxygen atoms in total. The second-order valence-corrected chi connectivity index (χ2v) is 6.07. The summed E-state index contributed by atoms with van der Waals surface area (Å²) in [5.41, 5.74) is 0. The maximum Gasteiger partial charge on any atom is 0.350 e. The van der Waals surface area contributed by atoms with Crippen molar-refractivity contribution in [3.05, 3.63) is 10.8 Å². The van der Waals surface area contributed by atoms with E-state index in [1.807, 2.05) is 13.8 Å². The Kier molecular flexibility index (Phi) is 4.80. The van der Waals surface area contributed by atoms with Crippen LogP contribution in [-0.2, 0) is 14.3 Å². The quantitative estimate of drug-likeness (QED) is 0.752. The summed E-state index contributed by atoms with van der Waals surface area (Å²) in [6.45, 7) is 4.90. The normalized spacial score (nSPS) is 23.6. The molecule has 1 heterocycles. The largest absolute Gasteiger partial charge is 0.478 e. The van der Waals surface area contributed by atoms with Gasteiger partial charge in [-0.3, -0.25) is 0 Å². The third kappa shape index (κ3) is 3.34. The summed E-state index contributed by atoms with van der Waals surface area (Å²) in [6, 6.07) is 0. The highest BCUT2D eigenvalue weighted by Gasteiger charge is 2.29. The smallest absolute Gasteiger partial charge is 0.350 e. The van der Waals surface area contributed by atoms with Crippen molar-refractivity contribution in [2.45, 2.75) is 44.9 Å². The summed E-state index contributed by atoms with van der Waals surface area (Å²) in [5, 5.41) is 3.34. The van der Waals surface area contributed by atoms with Crippen molar-refractivity contribution < 1.29 is 14.3 Å². The van der Waals surface area contributed by atoms with Crippen LogP contribution in [-0.4, -0.2) is 24.6 Å². The summed E-state index contributed by atoms with van der Waals surface area (Å²) in [4.78, 5) is 12.3. The predicted octanol–water partition coefficient (Wildman–Crippen LogP) is 2.61. The van der Waals surface area contributed by atoms with Crippen molar-refractivity contribution in [3.63, 3.8) is 0 Å². The molecule has 2 rings (SSSR count). The second-order valence-electron chi connectivity index (χ2n) is 4.72. The number of carbonyl (C=O) groups is 1. The second kappa shape index (κ2) is 6.36. The van der Waals surface area contributed by atoms with E-state index in [2.05, 4.69) is 5.32 Å². The summed E-state index contributed by atoms with van der Waals surface area (Å²) in [6.07, 6.45) is 5.09. The predicted molar refractivity (Wildman–Crippen MR) is 71.8 cm³/mol. The molecule has 1 N–H and O–H groups in total. The zero-order valence-electron chi connectivity index (χ0n) is 11.0. The minimum absolute atomic E-state index is 0.170. The number of ether oxygens (including phenoxy) is 2. The van der Waals surface area contributed by atoms with Crippen LogP contribution in [0.25, 0.3) is 0 Å². The number of carbonyl (C=O) groups excluding carboxylic acids is 1. The molecule has 18 heavy (non-hydrogen) atoms. The Morgan fingerprint density at radius 1 is 1.50 bits per heavy atom. The van der Waals surface area contributed by atoms with Gasteiger partial charge in [0.25, 0.3) is 0 Å². The minimum atomic E-state index is -0.280. The molecular weight excluding hydrogens is 250 g/mol. The molecule has 1 fully saturated rings. The standard InChI is InChI=1S/C13H21NO3S/c1-3-16-13(15)11-12(14-9(2)18-11)17-8-7-10-5-4-6-10/h9-10,14H,3-8H2,1-2H3. The molecule has 0 aromatic rings. The lowest BCUT2D eigenvalue weighted by Gasteiger charge is -2.25. The lowest BCUT2D eigenvalue weighted by molar-refractivity contribution is -0.137. The van der Waals surface area contributed by atoms with E-state index in [-0.39, 0.29) is 11.3 Å². The number of esters is 1. The number of hydrogen-bond donors (Lipinski definition) is 1. The molecule has 5 heteroatoms. The third-order valence-corrected chi connectivity index (χ3v) is 4.35. The van der Waals surface area contributed by atoms with Gasteiger partial charge in [0.05, 0.1) is 18.6 Å². The summed E-state index contributed by atoms with van der Waals surface area (Å²) >= 11 is 1.47. The maximum absolute atomic E-state index is 11.7. The Hall–Kier alpha value is -0.840. The van der Waals surface area contributed by atoms with Gasteiger partial charge in [0.2, 0.25) is 5.88 Å². The molecule has 1 aliphatic heterocycles. The molecule has 1 atom stereocenters. The topological polar surface area (TPSA) is 47.6 Å². The van der Waals surface area contributed by atoms with Gasteiger partial charge in [-0.25, -0.2) is 4.79 Å². The Bertz CT molecular complexity index is 339. The molecular formula is C13H21NO3S. The molecule has 0 spiro atoms. The van der Waals surface area contributed by atoms with Gasteiger partial charge in [0.1, 0.15) is 0 Å². The summed E-state index contributed by atoms with van der Waals surface area (Å²) < 4.78 is 10.7. The Morgan fingerprint density at radius 2 is 2.28 bits per heavy atom. The van der Waals surface area contributed by atoms with Gasteiger partial charge in [-0.15, -0.1) is 0 Å². The zero-order chi connectivity index (χ0) is 13.0. The van der Waals surface area contributed by atoms with Crippen LogP contribution in [0.5, 0.6) is 0 Å². The van der Waals surface area contributed by atoms with Gasteiger partial charge in [-0.05, 0) is 26.2 Å². The highest BCUT2D eigenvalue weighted by Crippen LogP contribution is 2.33. The molecule has 0 aromatic heterocycles. The van der Waals surface area contributed by atoms with Crippen LogP contribution in [0, 0.1) is 5.92 Å². The lowest BCUT2D eigenvalue weighted by Crippen LogP contribution is -2.20. The fraction of sp³-hybridized carbons (Fsp3) is 0.769. The lowest BCUT2D eigenvalue weighted by atomic mass is 9.83. The van der Waals surface area contributed by atoms with E-state index in [0.29, 0.717) is 24.0 Å². The maximum atomic E-state index is 11.7. The van der Waals surface area contributed by atoms with Crippen LogP contribution in [0.2, 0.25) is 0 Å². The number of thioether (sulfide) groups is 1. The van der Waals surface area contributed by atoms with Crippen LogP contribution >= 0.6 is 11.8 Å². The monoisotopic (exact) mass is 271 g/mol. The average Bonchev–Trinajstić information content (AvgIpc) is 2.64. The van der Waals surface area contributed by atoms with Gasteiger partial charge in [0.15, 0.2) is 4.91 Å². The number of rotatable bonds is 6. The van der Waals surface area contributed by atoms with Crippen molar-refractivity contribution in [2.75, 3.05) is 13.2 Å². The molecule has 0 saturated heterocycles. The van der Waals surface area contributed by atoms with E-state index in [0.717, 1.165) is 12.3 Å². The van der Waals surface area contributed by atoms with Crippen molar-refractivity contribution in [1.82, 2.24) is 5.32 Å². The SMILES string of the molecule is CCOC(=O)C1=C(OCCC2CCC2)NC(C)S1. The van der Waals surface area contributed by atoms with E-state index < -0.39 is 0 Å². The Morgan fingerprint density at radius 3 is 2.89 bits per heavy atom. The van der Waals surface area contributed by atoms with Crippen molar-refractivity contribution in [3.8, 4) is 0 Å². The molecule has 0 radical (unpaired) electrons. The van der Waals surface area contributed by atoms with Gasteiger partial charge in [-0.1, -0.05) is 31.0 Å². The third-order valence-electron chi connectivity index (χ3n) is 3.29. The van der Waals surface area contributed by atoms with Crippen LogP contribution in [0.3, 0.4) is 0 Å². The molecule has 1 aliphatic carbocycles. The van der Waals surface area contributed by atoms with E-state index in [1.165, 1.54) is 31.0 Å². The van der Waals surface area contributed by atoms with Crippen molar-refractivity contribution in [2.24, 2.45) is 5.92 Å². The highest BCUT2D eigenvalue weighted by molar-refractivity contribution is 8.04. The fourth-order valence-corrected chi connectivity index (χ4v) is 2.96. The molecule has 0 aromatic carbocycles. The van der Waals surface area contributed by atoms with E-state index >= 15 is 0 Å². The molecule has 1 unspecified atom stereocenters. The summed E-state index contributed by atoms with van der Waals surface area (Å²) in [5.74, 6) is 1.14. The molecule has 102 valence electrons. The van der Waals surface area contributed by atoms with Crippen LogP contribution < -0.4 is 5.32 Å². The Labute approximate surface area is 112 Å². The van der Waals surface area contributed by atoms with Gasteiger partial charge < -0.3 is 14.8 Å². The van der Waals surface area contributed by atoms with Crippen molar-refractivity contribution in [1.29, 1.82) is 0 Å². The molecule has 2 aliphatic rings. The fourth-order valence-electron chi connectivity index (χ4n) is 2.06. The van der Waals surface area contributed by atoms with Crippen LogP contribution in [0.4, 0.5) is 0 Å². The van der Waals surface area contributed by atoms with Gasteiger partial charge in [0, 0.05) is 0 Å². The molecule has 1 saturated carbocycles. The molecule has 0 amide bonds. The first kappa shape index (κ1) is 13.6. The van der Waals surface area contributed by atoms with Crippen molar-refractivity contribution >= 4 is 17.7 Å². The van der Waals surface area contributed by atoms with Crippen LogP contribution in [0.15, 0.2) is 10.8 Å². The molecule has 0 bridgehead atoms.